The minimum Gasteiger partial charge on any atom is -0.451 e. The second-order valence-electron chi connectivity index (χ2n) is 7.83. The van der Waals surface area contributed by atoms with E-state index in [4.69, 9.17) is 9.15 Å². The number of para-hydroxylation sites is 1. The number of benzene rings is 1. The van der Waals surface area contributed by atoms with Crippen LogP contribution in [0.1, 0.15) is 44.8 Å². The largest absolute Gasteiger partial charge is 0.451 e. The molecule has 9 heteroatoms. The maximum absolute atomic E-state index is 12.8. The van der Waals surface area contributed by atoms with Gasteiger partial charge in [-0.25, -0.2) is 9.99 Å². The predicted octanol–water partition coefficient (Wildman–Crippen LogP) is 2.89. The molecular weight excluding hydrogens is 416 g/mol. The number of hydrogen-bond acceptors (Lipinski definition) is 7. The first-order valence-corrected chi connectivity index (χ1v) is 11.4. The normalized spacial score (nSPS) is 18.4. The number of nitrogens with zero attached hydrogens (tertiary/aromatic N) is 3. The number of thiazole rings is 1. The molecule has 0 radical (unpaired) electrons. The highest BCUT2D eigenvalue weighted by molar-refractivity contribution is 7.09. The maximum Gasteiger partial charge on any atom is 0.289 e. The Morgan fingerprint density at radius 2 is 1.87 bits per heavy atom. The monoisotopic (exact) mass is 440 g/mol. The third-order valence-electron chi connectivity index (χ3n) is 5.79. The first-order valence-electron chi connectivity index (χ1n) is 10.5. The van der Waals surface area contributed by atoms with Crippen LogP contribution in [0.2, 0.25) is 0 Å². The Balaban J connectivity index is 1.18. The number of ether oxygens (including phenoxy) is 1. The molecule has 2 saturated heterocycles. The fourth-order valence-electron chi connectivity index (χ4n) is 4.03. The molecule has 0 unspecified atom stereocenters. The lowest BCUT2D eigenvalue weighted by Gasteiger charge is -2.30. The molecule has 162 valence electrons. The standard InChI is InChI=1S/C22H24N4O4S/c27-20(24-26-9-11-29-12-10-26)17-14-31-21(23-17)15-5-7-25(8-6-15)22(28)19-13-16-3-1-2-4-18(16)30-19/h1-4,13-15H,5-12H2,(H,24,27). The highest BCUT2D eigenvalue weighted by Crippen LogP contribution is 2.31. The van der Waals surface area contributed by atoms with E-state index in [1.807, 2.05) is 45.6 Å². The molecule has 2 amide bonds. The summed E-state index contributed by atoms with van der Waals surface area (Å²) in [5.74, 6) is 0.395. The van der Waals surface area contributed by atoms with Gasteiger partial charge in [-0.15, -0.1) is 11.3 Å². The third-order valence-corrected chi connectivity index (χ3v) is 6.80. The van der Waals surface area contributed by atoms with Gasteiger partial charge in [-0.3, -0.25) is 15.0 Å². The SMILES string of the molecule is O=C(NN1CCOCC1)c1csc(C2CCN(C(=O)c3cc4ccccc4o3)CC2)n1. The number of fused-ring (bicyclic) bond motifs is 1. The number of aromatic nitrogens is 1. The van der Waals surface area contributed by atoms with Crippen molar-refractivity contribution in [3.05, 3.63) is 52.2 Å². The number of furan rings is 1. The van der Waals surface area contributed by atoms with Gasteiger partial charge in [-0.2, -0.15) is 0 Å². The number of nitrogens with one attached hydrogen (secondary N) is 1. The van der Waals surface area contributed by atoms with Crippen LogP contribution in [-0.4, -0.2) is 66.1 Å². The van der Waals surface area contributed by atoms with Gasteiger partial charge in [0.1, 0.15) is 11.3 Å². The van der Waals surface area contributed by atoms with E-state index in [9.17, 15) is 9.59 Å². The number of carbonyl (C=O) groups is 2. The van der Waals surface area contributed by atoms with E-state index in [0.29, 0.717) is 50.8 Å². The summed E-state index contributed by atoms with van der Waals surface area (Å²) in [4.78, 5) is 31.7. The van der Waals surface area contributed by atoms with Crippen LogP contribution >= 0.6 is 11.3 Å². The Morgan fingerprint density at radius 1 is 1.10 bits per heavy atom. The van der Waals surface area contributed by atoms with Crippen LogP contribution < -0.4 is 5.43 Å². The number of amides is 2. The Kier molecular flexibility index (Phi) is 5.71. The molecule has 0 spiro atoms. The van der Waals surface area contributed by atoms with Crippen molar-refractivity contribution in [3.63, 3.8) is 0 Å². The molecule has 2 fully saturated rings. The minimum absolute atomic E-state index is 0.0700. The highest BCUT2D eigenvalue weighted by Gasteiger charge is 2.28. The van der Waals surface area contributed by atoms with Crippen LogP contribution in [-0.2, 0) is 4.74 Å². The van der Waals surface area contributed by atoms with Crippen molar-refractivity contribution < 1.29 is 18.7 Å². The van der Waals surface area contributed by atoms with E-state index < -0.39 is 0 Å². The van der Waals surface area contributed by atoms with Gasteiger partial charge in [-0.05, 0) is 25.0 Å². The van der Waals surface area contributed by atoms with E-state index in [0.717, 1.165) is 28.8 Å². The zero-order valence-electron chi connectivity index (χ0n) is 17.1. The van der Waals surface area contributed by atoms with Crippen LogP contribution in [0.25, 0.3) is 11.0 Å². The van der Waals surface area contributed by atoms with Crippen molar-refractivity contribution in [3.8, 4) is 0 Å². The van der Waals surface area contributed by atoms with Gasteiger partial charge in [0, 0.05) is 42.9 Å². The molecule has 0 saturated carbocycles. The van der Waals surface area contributed by atoms with E-state index in [1.54, 1.807) is 0 Å². The van der Waals surface area contributed by atoms with Crippen molar-refractivity contribution in [2.75, 3.05) is 39.4 Å². The number of rotatable bonds is 4. The molecule has 2 aliphatic heterocycles. The van der Waals surface area contributed by atoms with Crippen LogP contribution in [0, 0.1) is 0 Å². The third kappa shape index (κ3) is 4.34. The van der Waals surface area contributed by atoms with E-state index in [2.05, 4.69) is 10.4 Å². The summed E-state index contributed by atoms with van der Waals surface area (Å²) in [6.45, 7) is 3.90. The summed E-state index contributed by atoms with van der Waals surface area (Å²) in [5, 5.41) is 5.58. The Hall–Kier alpha value is -2.75. The molecule has 0 bridgehead atoms. The van der Waals surface area contributed by atoms with Crippen molar-refractivity contribution >= 4 is 34.1 Å². The van der Waals surface area contributed by atoms with E-state index >= 15 is 0 Å². The average Bonchev–Trinajstić information content (AvgIpc) is 3.47. The topological polar surface area (TPSA) is 87.9 Å². The Bertz CT molecular complexity index is 1050. The lowest BCUT2D eigenvalue weighted by Crippen LogP contribution is -2.48. The van der Waals surface area contributed by atoms with Crippen molar-refractivity contribution in [2.45, 2.75) is 18.8 Å². The number of hydrazine groups is 1. The number of likely N-dealkylation sites (tertiary alicyclic amines) is 1. The quantitative estimate of drug-likeness (QED) is 0.671. The zero-order valence-corrected chi connectivity index (χ0v) is 17.9. The molecule has 5 rings (SSSR count). The van der Waals surface area contributed by atoms with Gasteiger partial charge in [0.15, 0.2) is 5.76 Å². The van der Waals surface area contributed by atoms with Gasteiger partial charge >= 0.3 is 0 Å². The highest BCUT2D eigenvalue weighted by atomic mass is 32.1. The summed E-state index contributed by atoms with van der Waals surface area (Å²) in [6, 6.07) is 9.45. The van der Waals surface area contributed by atoms with E-state index in [-0.39, 0.29) is 17.7 Å². The van der Waals surface area contributed by atoms with Gasteiger partial charge in [0.2, 0.25) is 0 Å². The van der Waals surface area contributed by atoms with Crippen LogP contribution in [0.3, 0.4) is 0 Å². The van der Waals surface area contributed by atoms with Gasteiger partial charge < -0.3 is 14.1 Å². The Labute approximate surface area is 183 Å². The molecule has 2 aliphatic rings. The molecule has 2 aromatic heterocycles. The number of carbonyl (C=O) groups excluding carboxylic acids is 2. The zero-order chi connectivity index (χ0) is 21.2. The fourth-order valence-corrected chi connectivity index (χ4v) is 5.00. The maximum atomic E-state index is 12.8. The number of piperidine rings is 1. The van der Waals surface area contributed by atoms with Gasteiger partial charge in [0.25, 0.3) is 11.8 Å². The summed E-state index contributed by atoms with van der Waals surface area (Å²) >= 11 is 1.52. The predicted molar refractivity (Wildman–Crippen MR) is 116 cm³/mol. The van der Waals surface area contributed by atoms with Crippen molar-refractivity contribution in [1.29, 1.82) is 0 Å². The first kappa shape index (κ1) is 20.2. The minimum atomic E-state index is -0.179. The molecule has 0 atom stereocenters. The average molecular weight is 441 g/mol. The summed E-state index contributed by atoms with van der Waals surface area (Å²) in [5.41, 5.74) is 4.08. The Morgan fingerprint density at radius 3 is 2.65 bits per heavy atom. The summed E-state index contributed by atoms with van der Waals surface area (Å²) < 4.78 is 11.0. The van der Waals surface area contributed by atoms with E-state index in [1.165, 1.54) is 11.3 Å². The molecular formula is C22H24N4O4S. The van der Waals surface area contributed by atoms with Crippen LogP contribution in [0.4, 0.5) is 0 Å². The summed E-state index contributed by atoms with van der Waals surface area (Å²) in [7, 11) is 0. The molecule has 4 heterocycles. The fraction of sp³-hybridized carbons (Fsp3) is 0.409. The lowest BCUT2D eigenvalue weighted by molar-refractivity contribution is 0.0125. The first-order chi connectivity index (χ1) is 15.2. The van der Waals surface area contributed by atoms with Crippen LogP contribution in [0.5, 0.6) is 0 Å². The van der Waals surface area contributed by atoms with Crippen molar-refractivity contribution in [2.24, 2.45) is 0 Å². The number of morpholine rings is 1. The summed E-state index contributed by atoms with van der Waals surface area (Å²) in [6.07, 6.45) is 1.65. The second kappa shape index (κ2) is 8.78. The lowest BCUT2D eigenvalue weighted by atomic mass is 9.97. The molecule has 1 N–H and O–H groups in total. The van der Waals surface area contributed by atoms with Gasteiger partial charge in [0.05, 0.1) is 18.2 Å². The number of hydrogen-bond donors (Lipinski definition) is 1. The van der Waals surface area contributed by atoms with Crippen LogP contribution in [0.15, 0.2) is 40.1 Å². The second-order valence-corrected chi connectivity index (χ2v) is 8.72. The smallest absolute Gasteiger partial charge is 0.289 e. The molecule has 31 heavy (non-hydrogen) atoms. The molecule has 0 aliphatic carbocycles. The molecule has 1 aromatic carbocycles. The molecule has 8 nitrogen and oxygen atoms in total. The van der Waals surface area contributed by atoms with Crippen molar-refractivity contribution in [1.82, 2.24) is 20.3 Å². The van der Waals surface area contributed by atoms with Gasteiger partial charge in [-0.1, -0.05) is 18.2 Å². The molecule has 3 aromatic rings.